The lowest BCUT2D eigenvalue weighted by Crippen LogP contribution is -2.14. The smallest absolute Gasteiger partial charge is 0.274 e. The van der Waals surface area contributed by atoms with Gasteiger partial charge in [0.05, 0.1) is 17.6 Å². The lowest BCUT2D eigenvalue weighted by atomic mass is 10.2. The van der Waals surface area contributed by atoms with Gasteiger partial charge in [-0.3, -0.25) is 4.79 Å². The topological polar surface area (TPSA) is 54.0 Å². The Hall–Kier alpha value is -2.92. The second kappa shape index (κ2) is 7.32. The molecule has 1 aromatic heterocycles. The van der Waals surface area contributed by atoms with Crippen LogP contribution >= 0.6 is 11.6 Å². The van der Waals surface area contributed by atoms with Crippen molar-refractivity contribution < 1.29 is 9.18 Å². The lowest BCUT2D eigenvalue weighted by Gasteiger charge is -2.10. The summed E-state index contributed by atoms with van der Waals surface area (Å²) in [4.78, 5) is 16.3. The SMILES string of the molecule is Cc1cc(Cl)ccc1Nc1ccc(C(=O)Nc2ccccc2F)nc1. The number of rotatable bonds is 4. The van der Waals surface area contributed by atoms with Gasteiger partial charge in [0, 0.05) is 10.7 Å². The van der Waals surface area contributed by atoms with Crippen LogP contribution in [0.4, 0.5) is 21.5 Å². The Labute approximate surface area is 149 Å². The molecule has 0 bridgehead atoms. The van der Waals surface area contributed by atoms with E-state index >= 15 is 0 Å². The molecule has 0 aliphatic carbocycles. The molecule has 4 nitrogen and oxygen atoms in total. The third-order valence-electron chi connectivity index (χ3n) is 3.59. The van der Waals surface area contributed by atoms with Gasteiger partial charge in [0.15, 0.2) is 0 Å². The molecule has 126 valence electrons. The van der Waals surface area contributed by atoms with E-state index in [0.29, 0.717) is 5.02 Å². The maximum absolute atomic E-state index is 13.6. The molecule has 0 aliphatic heterocycles. The number of carbonyl (C=O) groups is 1. The maximum Gasteiger partial charge on any atom is 0.274 e. The Bertz CT molecular complexity index is 913. The highest BCUT2D eigenvalue weighted by molar-refractivity contribution is 6.30. The van der Waals surface area contributed by atoms with Crippen molar-refractivity contribution in [3.8, 4) is 0 Å². The van der Waals surface area contributed by atoms with E-state index in [1.54, 1.807) is 36.5 Å². The molecule has 0 saturated carbocycles. The number of amides is 1. The predicted molar refractivity (Wildman–Crippen MR) is 98.1 cm³/mol. The zero-order chi connectivity index (χ0) is 17.8. The van der Waals surface area contributed by atoms with Gasteiger partial charge in [-0.1, -0.05) is 23.7 Å². The first-order valence-corrected chi connectivity index (χ1v) is 7.96. The molecule has 0 saturated heterocycles. The molecule has 6 heteroatoms. The molecule has 0 aliphatic rings. The molecule has 2 aromatic carbocycles. The highest BCUT2D eigenvalue weighted by Gasteiger charge is 2.10. The molecule has 1 heterocycles. The van der Waals surface area contributed by atoms with Crippen molar-refractivity contribution >= 4 is 34.6 Å². The number of benzene rings is 2. The summed E-state index contributed by atoms with van der Waals surface area (Å²) in [6, 6.07) is 14.8. The number of pyridine rings is 1. The van der Waals surface area contributed by atoms with Gasteiger partial charge in [0.1, 0.15) is 11.5 Å². The Kier molecular flexibility index (Phi) is 4.95. The van der Waals surface area contributed by atoms with E-state index in [9.17, 15) is 9.18 Å². The van der Waals surface area contributed by atoms with E-state index < -0.39 is 11.7 Å². The molecule has 0 radical (unpaired) electrons. The molecule has 3 aromatic rings. The quantitative estimate of drug-likeness (QED) is 0.678. The van der Waals surface area contributed by atoms with E-state index in [-0.39, 0.29) is 11.4 Å². The van der Waals surface area contributed by atoms with Crippen LogP contribution in [0.15, 0.2) is 60.8 Å². The van der Waals surface area contributed by atoms with Crippen LogP contribution in [-0.4, -0.2) is 10.9 Å². The van der Waals surface area contributed by atoms with Gasteiger partial charge in [0.2, 0.25) is 0 Å². The van der Waals surface area contributed by atoms with Crippen molar-refractivity contribution in [3.63, 3.8) is 0 Å². The minimum atomic E-state index is -0.493. The second-order valence-corrected chi connectivity index (χ2v) is 5.89. The van der Waals surface area contributed by atoms with Crippen LogP contribution in [0.2, 0.25) is 5.02 Å². The summed E-state index contributed by atoms with van der Waals surface area (Å²) >= 11 is 5.94. The molecular weight excluding hydrogens is 341 g/mol. The first kappa shape index (κ1) is 16.9. The number of carbonyl (C=O) groups excluding carboxylic acids is 1. The molecule has 3 rings (SSSR count). The third-order valence-corrected chi connectivity index (χ3v) is 3.82. The van der Waals surface area contributed by atoms with Crippen LogP contribution in [0.1, 0.15) is 16.1 Å². The molecule has 0 unspecified atom stereocenters. The van der Waals surface area contributed by atoms with E-state index in [4.69, 9.17) is 11.6 Å². The zero-order valence-electron chi connectivity index (χ0n) is 13.4. The minimum absolute atomic E-state index is 0.119. The van der Waals surface area contributed by atoms with Crippen molar-refractivity contribution in [2.24, 2.45) is 0 Å². The van der Waals surface area contributed by atoms with Gasteiger partial charge in [-0.2, -0.15) is 0 Å². The number of nitrogens with one attached hydrogen (secondary N) is 2. The van der Waals surface area contributed by atoms with Gasteiger partial charge in [-0.15, -0.1) is 0 Å². The summed E-state index contributed by atoms with van der Waals surface area (Å²) in [5, 5.41) is 6.38. The predicted octanol–water partition coefficient (Wildman–Crippen LogP) is 5.18. The summed E-state index contributed by atoms with van der Waals surface area (Å²) in [7, 11) is 0. The van der Waals surface area contributed by atoms with E-state index in [1.165, 1.54) is 12.1 Å². The molecule has 25 heavy (non-hydrogen) atoms. The largest absolute Gasteiger partial charge is 0.354 e. The van der Waals surface area contributed by atoms with Crippen LogP contribution in [-0.2, 0) is 0 Å². The highest BCUT2D eigenvalue weighted by atomic mass is 35.5. The fourth-order valence-corrected chi connectivity index (χ4v) is 2.50. The molecule has 0 atom stereocenters. The molecule has 0 fully saturated rings. The molecular formula is C19H15ClFN3O. The average molecular weight is 356 g/mol. The van der Waals surface area contributed by atoms with Gasteiger partial charge < -0.3 is 10.6 Å². The minimum Gasteiger partial charge on any atom is -0.354 e. The van der Waals surface area contributed by atoms with Crippen LogP contribution in [0.3, 0.4) is 0 Å². The van der Waals surface area contributed by atoms with Crippen molar-refractivity contribution in [3.05, 3.63) is 82.9 Å². The Balaban J connectivity index is 1.71. The summed E-state index contributed by atoms with van der Waals surface area (Å²) in [5.74, 6) is -0.966. The first-order valence-electron chi connectivity index (χ1n) is 7.58. The Morgan fingerprint density at radius 3 is 2.56 bits per heavy atom. The number of hydrogen-bond acceptors (Lipinski definition) is 3. The van der Waals surface area contributed by atoms with Crippen LogP contribution in [0, 0.1) is 12.7 Å². The third kappa shape index (κ3) is 4.14. The maximum atomic E-state index is 13.6. The number of halogens is 2. The number of aromatic nitrogens is 1. The van der Waals surface area contributed by atoms with Crippen LogP contribution in [0.25, 0.3) is 0 Å². The molecule has 2 N–H and O–H groups in total. The van der Waals surface area contributed by atoms with Gasteiger partial charge >= 0.3 is 0 Å². The summed E-state index contributed by atoms with van der Waals surface area (Å²) in [6.07, 6.45) is 1.55. The summed E-state index contributed by atoms with van der Waals surface area (Å²) in [6.45, 7) is 1.94. The van der Waals surface area contributed by atoms with E-state index in [2.05, 4.69) is 15.6 Å². The summed E-state index contributed by atoms with van der Waals surface area (Å²) in [5.41, 5.74) is 2.94. The Morgan fingerprint density at radius 2 is 1.88 bits per heavy atom. The standard InChI is InChI=1S/C19H15ClFN3O/c1-12-10-13(20)6-8-16(12)23-14-7-9-18(22-11-14)19(25)24-17-5-3-2-4-15(17)21/h2-11,23H,1H3,(H,24,25). The van der Waals surface area contributed by atoms with Crippen molar-refractivity contribution in [2.45, 2.75) is 6.92 Å². The number of anilines is 3. The lowest BCUT2D eigenvalue weighted by molar-refractivity contribution is 0.102. The van der Waals surface area contributed by atoms with E-state index in [0.717, 1.165) is 16.9 Å². The zero-order valence-corrected chi connectivity index (χ0v) is 14.1. The van der Waals surface area contributed by atoms with Crippen molar-refractivity contribution in [2.75, 3.05) is 10.6 Å². The number of para-hydroxylation sites is 1. The fourth-order valence-electron chi connectivity index (χ4n) is 2.27. The fraction of sp³-hybridized carbons (Fsp3) is 0.0526. The average Bonchev–Trinajstić information content (AvgIpc) is 2.60. The van der Waals surface area contributed by atoms with Crippen LogP contribution < -0.4 is 10.6 Å². The van der Waals surface area contributed by atoms with E-state index in [1.807, 2.05) is 19.1 Å². The first-order chi connectivity index (χ1) is 12.0. The van der Waals surface area contributed by atoms with Crippen molar-refractivity contribution in [1.29, 1.82) is 0 Å². The van der Waals surface area contributed by atoms with Crippen LogP contribution in [0.5, 0.6) is 0 Å². The number of nitrogens with zero attached hydrogens (tertiary/aromatic N) is 1. The number of aryl methyl sites for hydroxylation is 1. The molecule has 0 spiro atoms. The molecule has 1 amide bonds. The summed E-state index contributed by atoms with van der Waals surface area (Å²) < 4.78 is 13.6. The normalized spacial score (nSPS) is 10.4. The van der Waals surface area contributed by atoms with Gasteiger partial charge in [-0.25, -0.2) is 9.37 Å². The second-order valence-electron chi connectivity index (χ2n) is 5.45. The highest BCUT2D eigenvalue weighted by Crippen LogP contribution is 2.23. The van der Waals surface area contributed by atoms with Gasteiger partial charge in [0.25, 0.3) is 5.91 Å². The monoisotopic (exact) mass is 355 g/mol. The van der Waals surface area contributed by atoms with Gasteiger partial charge in [-0.05, 0) is 55.0 Å². The number of hydrogen-bond donors (Lipinski definition) is 2. The Morgan fingerprint density at radius 1 is 1.08 bits per heavy atom. The van der Waals surface area contributed by atoms with Crippen molar-refractivity contribution in [1.82, 2.24) is 4.98 Å².